The van der Waals surface area contributed by atoms with Crippen molar-refractivity contribution in [2.24, 2.45) is 0 Å². The van der Waals surface area contributed by atoms with E-state index in [2.05, 4.69) is 26.1 Å². The van der Waals surface area contributed by atoms with E-state index in [9.17, 15) is 5.26 Å². The molecule has 1 atom stereocenters. The third-order valence-electron chi connectivity index (χ3n) is 4.20. The minimum Gasteiger partial charge on any atom is -0.370 e. The predicted molar refractivity (Wildman–Crippen MR) is 74.8 cm³/mol. The largest absolute Gasteiger partial charge is 0.370 e. The van der Waals surface area contributed by atoms with Gasteiger partial charge < -0.3 is 9.42 Å². The van der Waals surface area contributed by atoms with E-state index in [1.807, 2.05) is 6.07 Å². The first kappa shape index (κ1) is 12.3. The molecular weight excluding hydrogens is 266 g/mol. The van der Waals surface area contributed by atoms with Gasteiger partial charge in [-0.15, -0.1) is 0 Å². The molecule has 1 aliphatic heterocycles. The lowest BCUT2D eigenvalue weighted by atomic mass is 10.1. The second kappa shape index (κ2) is 4.85. The smallest absolute Gasteiger partial charge is 0.231 e. The average Bonchev–Trinajstić information content (AvgIpc) is 3.07. The number of hydrogen-bond acceptors (Lipinski definition) is 6. The van der Waals surface area contributed by atoms with E-state index < -0.39 is 0 Å². The molecule has 0 bridgehead atoms. The van der Waals surface area contributed by atoms with Gasteiger partial charge in [0.1, 0.15) is 6.07 Å². The maximum Gasteiger partial charge on any atom is 0.231 e. The van der Waals surface area contributed by atoms with Gasteiger partial charge >= 0.3 is 0 Å². The Kier molecular flexibility index (Phi) is 2.85. The summed E-state index contributed by atoms with van der Waals surface area (Å²) < 4.78 is 5.43. The van der Waals surface area contributed by atoms with Gasteiger partial charge in [0, 0.05) is 31.4 Å². The summed E-state index contributed by atoms with van der Waals surface area (Å²) in [5.41, 5.74) is 1.55. The van der Waals surface area contributed by atoms with Crippen molar-refractivity contribution in [3.63, 3.8) is 0 Å². The molecule has 1 aliphatic carbocycles. The van der Waals surface area contributed by atoms with Gasteiger partial charge in [0.15, 0.2) is 5.82 Å². The lowest BCUT2D eigenvalue weighted by Crippen LogP contribution is -2.20. The standard InChI is InChI=1S/C15H15N5O/c16-7-12-8-17-5-3-13(12)20-6-4-11(9-20)15-18-14(19-21-15)10-1-2-10/h3,5,8,10-11H,1-2,4,6,9H2/t11-/m1/s1. The Morgan fingerprint density at radius 2 is 2.19 bits per heavy atom. The maximum absolute atomic E-state index is 9.18. The number of nitriles is 1. The van der Waals surface area contributed by atoms with Gasteiger partial charge in [0.05, 0.1) is 17.2 Å². The van der Waals surface area contributed by atoms with Crippen LogP contribution in [0.2, 0.25) is 0 Å². The monoisotopic (exact) mass is 281 g/mol. The minimum absolute atomic E-state index is 0.254. The summed E-state index contributed by atoms with van der Waals surface area (Å²) in [6.07, 6.45) is 6.66. The summed E-state index contributed by atoms with van der Waals surface area (Å²) in [6, 6.07) is 4.09. The molecule has 0 N–H and O–H groups in total. The van der Waals surface area contributed by atoms with E-state index in [1.165, 1.54) is 12.8 Å². The highest BCUT2D eigenvalue weighted by Crippen LogP contribution is 2.39. The third kappa shape index (κ3) is 2.25. The molecule has 0 amide bonds. The van der Waals surface area contributed by atoms with Crippen molar-refractivity contribution in [2.45, 2.75) is 31.1 Å². The summed E-state index contributed by atoms with van der Waals surface area (Å²) in [5, 5.41) is 13.3. The van der Waals surface area contributed by atoms with Crippen molar-refractivity contribution >= 4 is 5.69 Å². The van der Waals surface area contributed by atoms with E-state index in [4.69, 9.17) is 4.52 Å². The summed E-state index contributed by atoms with van der Waals surface area (Å²) in [4.78, 5) is 10.7. The van der Waals surface area contributed by atoms with Crippen molar-refractivity contribution in [1.82, 2.24) is 15.1 Å². The van der Waals surface area contributed by atoms with Crippen LogP contribution in [0.25, 0.3) is 0 Å². The topological polar surface area (TPSA) is 78.8 Å². The SMILES string of the molecule is N#Cc1cnccc1N1CC[C@@H](c2nc(C3CC3)no2)C1. The highest BCUT2D eigenvalue weighted by Gasteiger charge is 2.33. The van der Waals surface area contributed by atoms with Gasteiger partial charge in [-0.05, 0) is 25.3 Å². The van der Waals surface area contributed by atoms with E-state index in [0.717, 1.165) is 36.9 Å². The first-order chi connectivity index (χ1) is 10.3. The van der Waals surface area contributed by atoms with E-state index in [0.29, 0.717) is 11.5 Å². The highest BCUT2D eigenvalue weighted by atomic mass is 16.5. The van der Waals surface area contributed by atoms with Crippen LogP contribution in [0.5, 0.6) is 0 Å². The Morgan fingerprint density at radius 1 is 1.29 bits per heavy atom. The molecule has 0 unspecified atom stereocenters. The average molecular weight is 281 g/mol. The molecule has 4 rings (SSSR count). The van der Waals surface area contributed by atoms with Gasteiger partial charge in [-0.3, -0.25) is 4.98 Å². The van der Waals surface area contributed by atoms with Gasteiger partial charge in [0.2, 0.25) is 5.89 Å². The van der Waals surface area contributed by atoms with Crippen LogP contribution in [0.3, 0.4) is 0 Å². The number of hydrogen-bond donors (Lipinski definition) is 0. The molecule has 21 heavy (non-hydrogen) atoms. The fourth-order valence-corrected chi connectivity index (χ4v) is 2.85. The molecule has 0 aromatic carbocycles. The summed E-state index contributed by atoms with van der Waals surface area (Å²) in [5.74, 6) is 2.38. The number of aromatic nitrogens is 3. The molecule has 0 spiro atoms. The molecular formula is C15H15N5O. The predicted octanol–water partition coefficient (Wildman–Crippen LogP) is 2.21. The number of pyridine rings is 1. The first-order valence-electron chi connectivity index (χ1n) is 7.27. The Hall–Kier alpha value is -2.42. The fraction of sp³-hybridized carbons (Fsp3) is 0.467. The summed E-state index contributed by atoms with van der Waals surface area (Å²) in [7, 11) is 0. The zero-order valence-corrected chi connectivity index (χ0v) is 11.6. The van der Waals surface area contributed by atoms with E-state index in [-0.39, 0.29) is 5.92 Å². The van der Waals surface area contributed by atoms with Crippen molar-refractivity contribution in [2.75, 3.05) is 18.0 Å². The second-order valence-corrected chi connectivity index (χ2v) is 5.70. The second-order valence-electron chi connectivity index (χ2n) is 5.70. The van der Waals surface area contributed by atoms with Gasteiger partial charge in [-0.1, -0.05) is 5.16 Å². The molecule has 0 radical (unpaired) electrons. The normalized spacial score (nSPS) is 21.5. The van der Waals surface area contributed by atoms with Crippen molar-refractivity contribution in [3.8, 4) is 6.07 Å². The Bertz CT molecular complexity index is 700. The summed E-state index contributed by atoms with van der Waals surface area (Å²) in [6.45, 7) is 1.70. The van der Waals surface area contributed by atoms with Crippen LogP contribution in [-0.2, 0) is 0 Å². The minimum atomic E-state index is 0.254. The Balaban J connectivity index is 1.52. The number of nitrogens with zero attached hydrogens (tertiary/aromatic N) is 5. The number of anilines is 1. The Labute approximate surface area is 122 Å². The molecule has 6 nitrogen and oxygen atoms in total. The van der Waals surface area contributed by atoms with Crippen LogP contribution in [-0.4, -0.2) is 28.2 Å². The molecule has 3 heterocycles. The lowest BCUT2D eigenvalue weighted by Gasteiger charge is -2.18. The first-order valence-corrected chi connectivity index (χ1v) is 7.27. The maximum atomic E-state index is 9.18. The molecule has 2 fully saturated rings. The van der Waals surface area contributed by atoms with Gasteiger partial charge in [-0.2, -0.15) is 10.2 Å². The van der Waals surface area contributed by atoms with Crippen LogP contribution < -0.4 is 4.90 Å². The van der Waals surface area contributed by atoms with Crippen molar-refractivity contribution in [1.29, 1.82) is 5.26 Å². The van der Waals surface area contributed by atoms with Crippen molar-refractivity contribution in [3.05, 3.63) is 35.7 Å². The number of rotatable bonds is 3. The zero-order valence-electron chi connectivity index (χ0n) is 11.6. The molecule has 1 saturated carbocycles. The molecule has 106 valence electrons. The quantitative estimate of drug-likeness (QED) is 0.858. The van der Waals surface area contributed by atoms with Crippen LogP contribution in [0.1, 0.15) is 48.4 Å². The molecule has 2 aromatic heterocycles. The Morgan fingerprint density at radius 3 is 3.00 bits per heavy atom. The van der Waals surface area contributed by atoms with Crippen LogP contribution in [0, 0.1) is 11.3 Å². The van der Waals surface area contributed by atoms with Gasteiger partial charge in [0.25, 0.3) is 0 Å². The zero-order chi connectivity index (χ0) is 14.2. The molecule has 6 heteroatoms. The lowest BCUT2D eigenvalue weighted by molar-refractivity contribution is 0.355. The third-order valence-corrected chi connectivity index (χ3v) is 4.20. The van der Waals surface area contributed by atoms with Crippen LogP contribution >= 0.6 is 0 Å². The van der Waals surface area contributed by atoms with Crippen LogP contribution in [0.4, 0.5) is 5.69 Å². The van der Waals surface area contributed by atoms with Crippen molar-refractivity contribution < 1.29 is 4.52 Å². The summed E-state index contributed by atoms with van der Waals surface area (Å²) >= 11 is 0. The molecule has 2 aliphatic rings. The van der Waals surface area contributed by atoms with Crippen LogP contribution in [0.15, 0.2) is 23.0 Å². The van der Waals surface area contributed by atoms with E-state index in [1.54, 1.807) is 12.4 Å². The highest BCUT2D eigenvalue weighted by molar-refractivity contribution is 5.58. The van der Waals surface area contributed by atoms with E-state index >= 15 is 0 Å². The fourth-order valence-electron chi connectivity index (χ4n) is 2.85. The van der Waals surface area contributed by atoms with Gasteiger partial charge in [-0.25, -0.2) is 0 Å². The molecule has 1 saturated heterocycles. The molecule has 2 aromatic rings.